The molecule has 1 aromatic carbocycles. The average molecular weight is 395 g/mol. The van der Waals surface area contributed by atoms with E-state index in [1.807, 2.05) is 0 Å². The van der Waals surface area contributed by atoms with Crippen molar-refractivity contribution in [1.29, 1.82) is 0 Å². The summed E-state index contributed by atoms with van der Waals surface area (Å²) in [5.74, 6) is -0.978. The number of amides is 2. The van der Waals surface area contributed by atoms with E-state index in [1.165, 1.54) is 12.1 Å². The molecule has 1 heterocycles. The van der Waals surface area contributed by atoms with E-state index in [4.69, 9.17) is 0 Å². The van der Waals surface area contributed by atoms with Crippen molar-refractivity contribution in [1.82, 2.24) is 16.0 Å². The van der Waals surface area contributed by atoms with Crippen LogP contribution in [0.2, 0.25) is 0 Å². The Hall–Kier alpha value is -1.18. The molecule has 1 atom stereocenters. The van der Waals surface area contributed by atoms with Crippen molar-refractivity contribution >= 4 is 40.2 Å². The van der Waals surface area contributed by atoms with Crippen molar-refractivity contribution in [3.63, 3.8) is 0 Å². The van der Waals surface area contributed by atoms with Gasteiger partial charge in [0.2, 0.25) is 5.91 Å². The van der Waals surface area contributed by atoms with Crippen molar-refractivity contribution in [2.45, 2.75) is 18.9 Å². The predicted octanol–water partition coefficient (Wildman–Crippen LogP) is 1.61. The molecular formula is C14H18BrClFN3O2. The highest BCUT2D eigenvalue weighted by atomic mass is 79.9. The molecule has 8 heteroatoms. The minimum atomic E-state index is -0.477. The van der Waals surface area contributed by atoms with Crippen LogP contribution >= 0.6 is 28.3 Å². The van der Waals surface area contributed by atoms with Crippen LogP contribution in [-0.2, 0) is 4.79 Å². The molecule has 0 aromatic heterocycles. The first-order valence-electron chi connectivity index (χ1n) is 6.79. The lowest BCUT2D eigenvalue weighted by Gasteiger charge is -2.11. The molecule has 1 aromatic rings. The van der Waals surface area contributed by atoms with E-state index in [1.54, 1.807) is 0 Å². The molecule has 0 radical (unpaired) electrons. The topological polar surface area (TPSA) is 70.2 Å². The Morgan fingerprint density at radius 1 is 1.41 bits per heavy atom. The zero-order chi connectivity index (χ0) is 15.2. The van der Waals surface area contributed by atoms with E-state index in [0.717, 1.165) is 25.6 Å². The average Bonchev–Trinajstić information content (AvgIpc) is 2.94. The second-order valence-electron chi connectivity index (χ2n) is 4.89. The first kappa shape index (κ1) is 18.9. The van der Waals surface area contributed by atoms with Gasteiger partial charge in [-0.25, -0.2) is 4.39 Å². The summed E-state index contributed by atoms with van der Waals surface area (Å²) >= 11 is 3.20. The van der Waals surface area contributed by atoms with Gasteiger partial charge in [0.15, 0.2) is 0 Å². The summed E-state index contributed by atoms with van der Waals surface area (Å²) in [4.78, 5) is 23.6. The first-order valence-corrected chi connectivity index (χ1v) is 7.59. The summed E-state index contributed by atoms with van der Waals surface area (Å²) < 4.78 is 13.6. The lowest BCUT2D eigenvalue weighted by Crippen LogP contribution is -2.38. The maximum absolute atomic E-state index is 13.1. The van der Waals surface area contributed by atoms with Gasteiger partial charge >= 0.3 is 0 Å². The maximum Gasteiger partial charge on any atom is 0.252 e. The molecule has 2 rings (SSSR count). The highest BCUT2D eigenvalue weighted by Crippen LogP contribution is 2.17. The van der Waals surface area contributed by atoms with Crippen LogP contribution in [0.1, 0.15) is 23.2 Å². The molecule has 1 aliphatic rings. The van der Waals surface area contributed by atoms with Crippen LogP contribution in [0.5, 0.6) is 0 Å². The molecule has 2 amide bonds. The van der Waals surface area contributed by atoms with Gasteiger partial charge in [0, 0.05) is 30.0 Å². The molecule has 3 N–H and O–H groups in total. The summed E-state index contributed by atoms with van der Waals surface area (Å²) in [6.45, 7) is 1.91. The zero-order valence-electron chi connectivity index (χ0n) is 11.8. The smallest absolute Gasteiger partial charge is 0.252 e. The van der Waals surface area contributed by atoms with Gasteiger partial charge in [-0.15, -0.1) is 12.4 Å². The van der Waals surface area contributed by atoms with E-state index in [9.17, 15) is 14.0 Å². The monoisotopic (exact) mass is 393 g/mol. The maximum atomic E-state index is 13.1. The molecule has 0 saturated carbocycles. The van der Waals surface area contributed by atoms with Crippen molar-refractivity contribution in [3.8, 4) is 0 Å². The van der Waals surface area contributed by atoms with E-state index >= 15 is 0 Å². The fourth-order valence-corrected chi connectivity index (χ4v) is 2.56. The summed E-state index contributed by atoms with van der Waals surface area (Å²) in [5, 5.41) is 8.66. The molecule has 1 saturated heterocycles. The van der Waals surface area contributed by atoms with Crippen LogP contribution in [0.4, 0.5) is 4.39 Å². The number of nitrogens with one attached hydrogen (secondary N) is 3. The van der Waals surface area contributed by atoms with E-state index in [2.05, 4.69) is 31.9 Å². The second kappa shape index (κ2) is 9.07. The number of halogens is 3. The van der Waals surface area contributed by atoms with Crippen molar-refractivity contribution in [3.05, 3.63) is 34.1 Å². The highest BCUT2D eigenvalue weighted by molar-refractivity contribution is 9.10. The zero-order valence-corrected chi connectivity index (χ0v) is 14.2. The lowest BCUT2D eigenvalue weighted by molar-refractivity contribution is -0.121. The molecule has 0 spiro atoms. The first-order chi connectivity index (χ1) is 10.1. The van der Waals surface area contributed by atoms with Gasteiger partial charge in [0.05, 0.1) is 5.56 Å². The van der Waals surface area contributed by atoms with Gasteiger partial charge in [-0.3, -0.25) is 9.59 Å². The lowest BCUT2D eigenvalue weighted by atomic mass is 10.2. The van der Waals surface area contributed by atoms with Gasteiger partial charge in [-0.1, -0.05) is 0 Å². The third-order valence-corrected chi connectivity index (χ3v) is 3.93. The Morgan fingerprint density at radius 2 is 2.18 bits per heavy atom. The molecule has 22 heavy (non-hydrogen) atoms. The standard InChI is InChI=1S/C14H17BrFN3O2.ClH/c15-12-2-1-9(16)7-11(12)14(21)18-6-4-13(20)19-10-3-5-17-8-10;/h1-2,7,10,17H,3-6,8H2,(H,18,21)(H,19,20);1H. The van der Waals surface area contributed by atoms with Crippen LogP contribution in [0.3, 0.4) is 0 Å². The normalized spacial score (nSPS) is 16.7. The Morgan fingerprint density at radius 3 is 2.86 bits per heavy atom. The molecule has 0 bridgehead atoms. The van der Waals surface area contributed by atoms with E-state index in [0.29, 0.717) is 4.47 Å². The molecule has 5 nitrogen and oxygen atoms in total. The Balaban J connectivity index is 0.00000242. The van der Waals surface area contributed by atoms with E-state index in [-0.39, 0.29) is 42.9 Å². The molecular weight excluding hydrogens is 377 g/mol. The van der Waals surface area contributed by atoms with E-state index < -0.39 is 11.7 Å². The quantitative estimate of drug-likeness (QED) is 0.710. The minimum absolute atomic E-state index is 0. The number of hydrogen-bond donors (Lipinski definition) is 3. The van der Waals surface area contributed by atoms with Crippen LogP contribution in [0.15, 0.2) is 22.7 Å². The number of carbonyl (C=O) groups excluding carboxylic acids is 2. The number of rotatable bonds is 5. The third kappa shape index (κ3) is 5.55. The van der Waals surface area contributed by atoms with Crippen LogP contribution < -0.4 is 16.0 Å². The summed E-state index contributed by atoms with van der Waals surface area (Å²) in [6, 6.07) is 4.07. The van der Waals surface area contributed by atoms with Crippen molar-refractivity contribution in [2.75, 3.05) is 19.6 Å². The van der Waals surface area contributed by atoms with Crippen molar-refractivity contribution in [2.24, 2.45) is 0 Å². The Bertz CT molecular complexity index is 539. The van der Waals surface area contributed by atoms with Crippen LogP contribution in [0, 0.1) is 5.82 Å². The Labute approximate surface area is 143 Å². The van der Waals surface area contributed by atoms with Crippen LogP contribution in [-0.4, -0.2) is 37.5 Å². The molecule has 122 valence electrons. The molecule has 1 fully saturated rings. The number of hydrogen-bond acceptors (Lipinski definition) is 3. The summed E-state index contributed by atoms with van der Waals surface area (Å²) in [5.41, 5.74) is 0.218. The summed E-state index contributed by atoms with van der Waals surface area (Å²) in [6.07, 6.45) is 1.13. The summed E-state index contributed by atoms with van der Waals surface area (Å²) in [7, 11) is 0. The molecule has 1 unspecified atom stereocenters. The Kier molecular flexibility index (Phi) is 7.78. The van der Waals surface area contributed by atoms with Gasteiger partial charge in [0.1, 0.15) is 5.82 Å². The van der Waals surface area contributed by atoms with Gasteiger partial charge in [-0.2, -0.15) is 0 Å². The fourth-order valence-electron chi connectivity index (χ4n) is 2.13. The minimum Gasteiger partial charge on any atom is -0.352 e. The number of carbonyl (C=O) groups is 2. The molecule has 1 aliphatic heterocycles. The molecule has 0 aliphatic carbocycles. The van der Waals surface area contributed by atoms with Gasteiger partial charge in [0.25, 0.3) is 5.91 Å². The number of benzene rings is 1. The van der Waals surface area contributed by atoms with Gasteiger partial charge < -0.3 is 16.0 Å². The van der Waals surface area contributed by atoms with Crippen LogP contribution in [0.25, 0.3) is 0 Å². The second-order valence-corrected chi connectivity index (χ2v) is 5.74. The predicted molar refractivity (Wildman–Crippen MR) is 87.7 cm³/mol. The van der Waals surface area contributed by atoms with Gasteiger partial charge in [-0.05, 0) is 47.1 Å². The van der Waals surface area contributed by atoms with Crippen molar-refractivity contribution < 1.29 is 14.0 Å². The highest BCUT2D eigenvalue weighted by Gasteiger charge is 2.16. The SMILES string of the molecule is Cl.O=C(CCNC(=O)c1cc(F)ccc1Br)NC1CCNC1. The fraction of sp³-hybridized carbons (Fsp3) is 0.429. The largest absolute Gasteiger partial charge is 0.352 e. The third-order valence-electron chi connectivity index (χ3n) is 3.24.